The van der Waals surface area contributed by atoms with Gasteiger partial charge in [-0.3, -0.25) is 4.57 Å². The Kier molecular flexibility index (Phi) is 4.78. The largest absolute Gasteiger partial charge is 0.361 e. The van der Waals surface area contributed by atoms with E-state index >= 15 is 0 Å². The molecule has 0 bridgehead atoms. The van der Waals surface area contributed by atoms with Crippen molar-refractivity contribution in [2.45, 2.75) is 33.1 Å². The number of benzene rings is 2. The Morgan fingerprint density at radius 1 is 0.958 bits per heavy atom. The summed E-state index contributed by atoms with van der Waals surface area (Å²) >= 11 is 3.56. The van der Waals surface area contributed by atoms with Gasteiger partial charge in [0.1, 0.15) is 0 Å². The van der Waals surface area contributed by atoms with E-state index in [2.05, 4.69) is 48.0 Å². The number of rotatable bonds is 5. The Bertz CT molecular complexity index is 819. The van der Waals surface area contributed by atoms with Crippen LogP contribution in [0.15, 0.2) is 40.9 Å². The van der Waals surface area contributed by atoms with Crippen molar-refractivity contribution in [3.05, 3.63) is 52.0 Å². The molecule has 2 aromatic carbocycles. The van der Waals surface area contributed by atoms with Gasteiger partial charge in [-0.25, -0.2) is 0 Å². The highest BCUT2D eigenvalue weighted by Crippen LogP contribution is 2.52. The van der Waals surface area contributed by atoms with Gasteiger partial charge >= 0.3 is 7.60 Å². The van der Waals surface area contributed by atoms with Crippen LogP contribution in [0, 0.1) is 0 Å². The molecule has 3 nitrogen and oxygen atoms in total. The molecular weight excluding hydrogens is 387 g/mol. The molecule has 0 fully saturated rings. The summed E-state index contributed by atoms with van der Waals surface area (Å²) in [6.07, 6.45) is 0. The maximum atomic E-state index is 13.1. The van der Waals surface area contributed by atoms with Gasteiger partial charge in [-0.05, 0) is 60.4 Å². The molecule has 5 heteroatoms. The fourth-order valence-electron chi connectivity index (χ4n) is 3.39. The molecule has 2 aromatic rings. The van der Waals surface area contributed by atoms with Gasteiger partial charge in [0.25, 0.3) is 0 Å². The quantitative estimate of drug-likeness (QED) is 0.599. The molecule has 0 saturated carbocycles. The second-order valence-electron chi connectivity index (χ2n) is 6.38. The summed E-state index contributed by atoms with van der Waals surface area (Å²) in [4.78, 5) is 0. The number of hydrogen-bond acceptors (Lipinski definition) is 3. The molecule has 0 atom stereocenters. The third kappa shape index (κ3) is 2.80. The molecule has 128 valence electrons. The second-order valence-corrected chi connectivity index (χ2v) is 9.32. The molecule has 0 radical (unpaired) electrons. The van der Waals surface area contributed by atoms with E-state index in [1.165, 1.54) is 16.7 Å². The van der Waals surface area contributed by atoms with Crippen LogP contribution in [0.2, 0.25) is 0 Å². The maximum absolute atomic E-state index is 13.1. The monoisotopic (exact) mass is 408 g/mol. The highest BCUT2D eigenvalue weighted by Gasteiger charge is 2.37. The van der Waals surface area contributed by atoms with Gasteiger partial charge in [0.05, 0.1) is 18.5 Å². The third-order valence-corrected chi connectivity index (χ3v) is 7.14. The van der Waals surface area contributed by atoms with Crippen LogP contribution >= 0.6 is 23.5 Å². The van der Waals surface area contributed by atoms with Crippen molar-refractivity contribution in [2.75, 3.05) is 13.2 Å². The zero-order valence-corrected chi connectivity index (χ0v) is 16.9. The molecule has 0 saturated heterocycles. The van der Waals surface area contributed by atoms with Crippen molar-refractivity contribution < 1.29 is 13.6 Å². The highest BCUT2D eigenvalue weighted by molar-refractivity contribution is 9.10. The topological polar surface area (TPSA) is 35.5 Å². The van der Waals surface area contributed by atoms with Crippen molar-refractivity contribution in [2.24, 2.45) is 0 Å². The van der Waals surface area contributed by atoms with Gasteiger partial charge in [0, 0.05) is 9.89 Å². The van der Waals surface area contributed by atoms with Gasteiger partial charge < -0.3 is 9.05 Å². The summed E-state index contributed by atoms with van der Waals surface area (Å²) in [6, 6.07) is 12.3. The third-order valence-electron chi connectivity index (χ3n) is 4.54. The maximum Gasteiger partial charge on any atom is 0.361 e. The molecule has 24 heavy (non-hydrogen) atoms. The fourth-order valence-corrected chi connectivity index (χ4v) is 5.35. The predicted octanol–water partition coefficient (Wildman–Crippen LogP) is 5.65. The van der Waals surface area contributed by atoms with Crippen LogP contribution in [0.3, 0.4) is 0 Å². The Hall–Kier alpha value is -0.930. The molecule has 0 spiro atoms. The van der Waals surface area contributed by atoms with Gasteiger partial charge in [-0.15, -0.1) is 0 Å². The van der Waals surface area contributed by atoms with Crippen LogP contribution in [0.4, 0.5) is 0 Å². The van der Waals surface area contributed by atoms with E-state index in [9.17, 15) is 4.57 Å². The van der Waals surface area contributed by atoms with E-state index in [1.807, 2.05) is 32.0 Å². The van der Waals surface area contributed by atoms with Gasteiger partial charge in [0.15, 0.2) is 0 Å². The van der Waals surface area contributed by atoms with Crippen molar-refractivity contribution in [1.29, 1.82) is 0 Å². The smallest absolute Gasteiger partial charge is 0.305 e. The summed E-state index contributed by atoms with van der Waals surface area (Å²) in [5.74, 6) is 0. The summed E-state index contributed by atoms with van der Waals surface area (Å²) in [6.45, 7) is 8.75. The first kappa shape index (κ1) is 17.9. The summed E-state index contributed by atoms with van der Waals surface area (Å²) in [7, 11) is -3.27. The minimum Gasteiger partial charge on any atom is -0.305 e. The average molecular weight is 409 g/mol. The first-order chi connectivity index (χ1) is 11.3. The van der Waals surface area contributed by atoms with Crippen molar-refractivity contribution in [1.82, 2.24) is 0 Å². The lowest BCUT2D eigenvalue weighted by atomic mass is 9.82. The SMILES string of the molecule is CCOP(=O)(OCC)c1ccc2c(c1)C(C)(C)c1cc(Br)ccc1-2. The fraction of sp³-hybridized carbons (Fsp3) is 0.368. The molecule has 0 heterocycles. The summed E-state index contributed by atoms with van der Waals surface area (Å²) in [5.41, 5.74) is 4.69. The van der Waals surface area contributed by atoms with E-state index < -0.39 is 7.60 Å². The normalized spacial score (nSPS) is 15.2. The zero-order chi connectivity index (χ0) is 17.5. The number of halogens is 1. The Labute approximate surface area is 152 Å². The van der Waals surface area contributed by atoms with E-state index in [4.69, 9.17) is 9.05 Å². The lowest BCUT2D eigenvalue weighted by molar-refractivity contribution is 0.230. The van der Waals surface area contributed by atoms with Crippen LogP contribution < -0.4 is 5.30 Å². The van der Waals surface area contributed by atoms with Crippen LogP contribution in [-0.4, -0.2) is 13.2 Å². The standard InChI is InChI=1S/C19H22BrO3P/c1-5-22-24(21,23-6-2)14-8-10-16-15-9-7-13(20)11-17(15)19(3,4)18(16)12-14/h7-12H,5-6H2,1-4H3. The summed E-state index contributed by atoms with van der Waals surface area (Å²) < 4.78 is 25.2. The highest BCUT2D eigenvalue weighted by atomic mass is 79.9. The van der Waals surface area contributed by atoms with Crippen molar-refractivity contribution >= 4 is 28.8 Å². The van der Waals surface area contributed by atoms with Crippen molar-refractivity contribution in [3.8, 4) is 11.1 Å². The Morgan fingerprint density at radius 2 is 1.50 bits per heavy atom. The molecule has 0 aromatic heterocycles. The minimum atomic E-state index is -3.27. The molecule has 0 unspecified atom stereocenters. The molecule has 1 aliphatic carbocycles. The van der Waals surface area contributed by atoms with Gasteiger partial charge in [0.2, 0.25) is 0 Å². The second kappa shape index (κ2) is 6.42. The van der Waals surface area contributed by atoms with Crippen LogP contribution in [0.5, 0.6) is 0 Å². The van der Waals surface area contributed by atoms with Crippen LogP contribution in [-0.2, 0) is 19.0 Å². The lowest BCUT2D eigenvalue weighted by Crippen LogP contribution is -2.18. The number of hydrogen-bond donors (Lipinski definition) is 0. The Balaban J connectivity index is 2.16. The minimum absolute atomic E-state index is 0.159. The first-order valence-electron chi connectivity index (χ1n) is 8.18. The first-order valence-corrected chi connectivity index (χ1v) is 10.5. The van der Waals surface area contributed by atoms with Crippen LogP contribution in [0.25, 0.3) is 11.1 Å². The van der Waals surface area contributed by atoms with Gasteiger partial charge in [-0.2, -0.15) is 0 Å². The molecule has 0 amide bonds. The Morgan fingerprint density at radius 3 is 2.08 bits per heavy atom. The average Bonchev–Trinajstić information content (AvgIpc) is 2.75. The lowest BCUT2D eigenvalue weighted by Gasteiger charge is -2.23. The molecule has 3 rings (SSSR count). The van der Waals surface area contributed by atoms with Crippen LogP contribution in [0.1, 0.15) is 38.8 Å². The van der Waals surface area contributed by atoms with E-state index in [-0.39, 0.29) is 5.41 Å². The summed E-state index contributed by atoms with van der Waals surface area (Å²) in [5, 5.41) is 0.630. The zero-order valence-electron chi connectivity index (χ0n) is 14.4. The van der Waals surface area contributed by atoms with Crippen molar-refractivity contribution in [3.63, 3.8) is 0 Å². The van der Waals surface area contributed by atoms with Gasteiger partial charge in [-0.1, -0.05) is 41.9 Å². The van der Waals surface area contributed by atoms with E-state index in [1.54, 1.807) is 0 Å². The van der Waals surface area contributed by atoms with E-state index in [0.717, 1.165) is 10.0 Å². The van der Waals surface area contributed by atoms with E-state index in [0.29, 0.717) is 18.5 Å². The predicted molar refractivity (Wildman–Crippen MR) is 102 cm³/mol. The molecular formula is C19H22BrO3P. The molecule has 0 aliphatic heterocycles. The molecule has 1 aliphatic rings. The number of fused-ring (bicyclic) bond motifs is 3. The molecule has 0 N–H and O–H groups in total.